The van der Waals surface area contributed by atoms with E-state index in [0.29, 0.717) is 17.0 Å². The molecule has 0 amide bonds. The summed E-state index contributed by atoms with van der Waals surface area (Å²) in [6.07, 6.45) is 6.41. The highest BCUT2D eigenvalue weighted by molar-refractivity contribution is 6.31. The average Bonchev–Trinajstić information content (AvgIpc) is 2.68. The third-order valence-electron chi connectivity index (χ3n) is 3.80. The van der Waals surface area contributed by atoms with Gasteiger partial charge in [-0.25, -0.2) is 0 Å². The lowest BCUT2D eigenvalue weighted by Gasteiger charge is -2.36. The van der Waals surface area contributed by atoms with Crippen LogP contribution >= 0.6 is 11.6 Å². The van der Waals surface area contributed by atoms with Gasteiger partial charge in [0.25, 0.3) is 0 Å². The van der Waals surface area contributed by atoms with Crippen molar-refractivity contribution in [3.05, 3.63) is 16.9 Å². The number of aryl methyl sites for hydroxylation is 1. The van der Waals surface area contributed by atoms with Gasteiger partial charge in [0, 0.05) is 19.2 Å². The third kappa shape index (κ3) is 3.50. The van der Waals surface area contributed by atoms with E-state index in [9.17, 15) is 0 Å². The molecular formula is C14H24ClN3O. The lowest BCUT2D eigenvalue weighted by atomic mass is 9.78. The normalized spacial score (nSPS) is 24.2. The first kappa shape index (κ1) is 14.8. The van der Waals surface area contributed by atoms with Gasteiger partial charge in [-0.3, -0.25) is 4.68 Å². The van der Waals surface area contributed by atoms with Crippen LogP contribution in [0.3, 0.4) is 0 Å². The molecule has 4 nitrogen and oxygen atoms in total. The van der Waals surface area contributed by atoms with E-state index >= 15 is 0 Å². The van der Waals surface area contributed by atoms with E-state index < -0.39 is 0 Å². The second kappa shape index (κ2) is 6.73. The first-order valence-electron chi connectivity index (χ1n) is 7.24. The molecule has 1 unspecified atom stereocenters. The smallest absolute Gasteiger partial charge is 0.0834 e. The number of hydrogen-bond acceptors (Lipinski definition) is 3. The molecule has 1 fully saturated rings. The zero-order valence-corrected chi connectivity index (χ0v) is 12.6. The van der Waals surface area contributed by atoms with Gasteiger partial charge < -0.3 is 10.5 Å². The number of nitrogens with two attached hydrogens (primary N) is 1. The van der Waals surface area contributed by atoms with Gasteiger partial charge in [-0.05, 0) is 38.5 Å². The highest BCUT2D eigenvalue weighted by Gasteiger charge is 2.32. The van der Waals surface area contributed by atoms with Gasteiger partial charge in [0.2, 0.25) is 0 Å². The van der Waals surface area contributed by atoms with Crippen LogP contribution in [0.2, 0.25) is 5.02 Å². The van der Waals surface area contributed by atoms with Crippen LogP contribution in [-0.4, -0.2) is 22.5 Å². The van der Waals surface area contributed by atoms with E-state index in [1.165, 1.54) is 0 Å². The molecule has 0 aromatic carbocycles. The van der Waals surface area contributed by atoms with E-state index in [2.05, 4.69) is 12.0 Å². The molecule has 0 aliphatic heterocycles. The van der Waals surface area contributed by atoms with Crippen molar-refractivity contribution in [2.45, 2.75) is 58.2 Å². The lowest BCUT2D eigenvalue weighted by molar-refractivity contribution is -0.0283. The van der Waals surface area contributed by atoms with Gasteiger partial charge in [-0.2, -0.15) is 5.10 Å². The molecule has 2 N–H and O–H groups in total. The third-order valence-corrected chi connectivity index (χ3v) is 4.09. The van der Waals surface area contributed by atoms with Crippen molar-refractivity contribution < 1.29 is 4.74 Å². The minimum atomic E-state index is -0.0193. The van der Waals surface area contributed by atoms with Crippen LogP contribution in [0.15, 0.2) is 6.20 Å². The van der Waals surface area contributed by atoms with Gasteiger partial charge >= 0.3 is 0 Å². The summed E-state index contributed by atoms with van der Waals surface area (Å²) in [4.78, 5) is 0. The minimum Gasteiger partial charge on any atom is -0.378 e. The van der Waals surface area contributed by atoms with Gasteiger partial charge in [0.1, 0.15) is 0 Å². The summed E-state index contributed by atoms with van der Waals surface area (Å²) in [5, 5.41) is 5.00. The van der Waals surface area contributed by atoms with Gasteiger partial charge in [0.15, 0.2) is 0 Å². The zero-order chi connectivity index (χ0) is 13.8. The van der Waals surface area contributed by atoms with Crippen molar-refractivity contribution in [3.63, 3.8) is 0 Å². The maximum absolute atomic E-state index is 6.32. The Morgan fingerprint density at radius 2 is 2.26 bits per heavy atom. The van der Waals surface area contributed by atoms with Crippen molar-refractivity contribution in [1.82, 2.24) is 9.78 Å². The predicted octanol–water partition coefficient (Wildman–Crippen LogP) is 3.15. The highest BCUT2D eigenvalue weighted by Crippen LogP contribution is 2.37. The van der Waals surface area contributed by atoms with E-state index in [4.69, 9.17) is 22.1 Å². The summed E-state index contributed by atoms with van der Waals surface area (Å²) in [6, 6.07) is -0.0193. The molecular weight excluding hydrogens is 262 g/mol. The second-order valence-corrected chi connectivity index (χ2v) is 5.77. The molecule has 0 saturated heterocycles. The van der Waals surface area contributed by atoms with E-state index in [0.717, 1.165) is 44.5 Å². The van der Waals surface area contributed by atoms with Crippen molar-refractivity contribution in [2.75, 3.05) is 6.61 Å². The Bertz CT molecular complexity index is 401. The number of ether oxygens (including phenoxy) is 1. The first-order valence-corrected chi connectivity index (χ1v) is 7.61. The average molecular weight is 286 g/mol. The molecule has 1 saturated carbocycles. The van der Waals surface area contributed by atoms with Crippen LogP contribution in [0, 0.1) is 5.92 Å². The van der Waals surface area contributed by atoms with E-state index in [-0.39, 0.29) is 6.04 Å². The molecule has 0 spiro atoms. The maximum Gasteiger partial charge on any atom is 0.0834 e. The Hall–Kier alpha value is -0.580. The van der Waals surface area contributed by atoms with Crippen LogP contribution < -0.4 is 5.73 Å². The molecule has 0 radical (unpaired) electrons. The molecule has 1 aromatic heterocycles. The molecule has 108 valence electrons. The molecule has 2 rings (SSSR count). The Morgan fingerprint density at radius 1 is 1.53 bits per heavy atom. The fourth-order valence-corrected chi connectivity index (χ4v) is 3.12. The van der Waals surface area contributed by atoms with Crippen molar-refractivity contribution in [3.8, 4) is 0 Å². The SMILES string of the molecule is CCCn1ncc(Cl)c1C(N)CC1CC(OCC)C1. The number of nitrogens with zero attached hydrogens (tertiary/aromatic N) is 2. The summed E-state index contributed by atoms with van der Waals surface area (Å²) < 4.78 is 7.53. The van der Waals surface area contributed by atoms with E-state index in [1.54, 1.807) is 6.20 Å². The molecule has 1 aromatic rings. The lowest BCUT2D eigenvalue weighted by Crippen LogP contribution is -2.34. The van der Waals surface area contributed by atoms with Crippen molar-refractivity contribution >= 4 is 11.6 Å². The molecule has 5 heteroatoms. The van der Waals surface area contributed by atoms with Gasteiger partial charge in [-0.1, -0.05) is 18.5 Å². The molecule has 19 heavy (non-hydrogen) atoms. The largest absolute Gasteiger partial charge is 0.378 e. The summed E-state index contributed by atoms with van der Waals surface area (Å²) >= 11 is 6.21. The number of halogens is 1. The summed E-state index contributed by atoms with van der Waals surface area (Å²) in [7, 11) is 0. The first-order chi connectivity index (χ1) is 9.15. The Kier molecular flexibility index (Phi) is 5.25. The second-order valence-electron chi connectivity index (χ2n) is 5.36. The van der Waals surface area contributed by atoms with Crippen molar-refractivity contribution in [2.24, 2.45) is 11.7 Å². The standard InChI is InChI=1S/C14H24ClN3O/c1-3-5-18-14(12(15)9-17-18)13(16)8-10-6-11(7-10)19-4-2/h9-11,13H,3-8,16H2,1-2H3. The molecule has 0 bridgehead atoms. The molecule has 1 aliphatic carbocycles. The minimum absolute atomic E-state index is 0.0193. The summed E-state index contributed by atoms with van der Waals surface area (Å²) in [5.41, 5.74) is 7.30. The van der Waals surface area contributed by atoms with Crippen LogP contribution in [-0.2, 0) is 11.3 Å². The Balaban J connectivity index is 1.90. The maximum atomic E-state index is 6.32. The highest BCUT2D eigenvalue weighted by atomic mass is 35.5. The Labute approximate surface area is 120 Å². The van der Waals surface area contributed by atoms with Crippen LogP contribution in [0.25, 0.3) is 0 Å². The molecule has 1 atom stereocenters. The number of rotatable bonds is 7. The summed E-state index contributed by atoms with van der Waals surface area (Å²) in [5.74, 6) is 0.660. The van der Waals surface area contributed by atoms with Gasteiger partial charge in [0.05, 0.1) is 23.0 Å². The summed E-state index contributed by atoms with van der Waals surface area (Å²) in [6.45, 7) is 5.85. The van der Waals surface area contributed by atoms with Gasteiger partial charge in [-0.15, -0.1) is 0 Å². The number of hydrogen-bond donors (Lipinski definition) is 1. The molecule has 1 heterocycles. The number of aromatic nitrogens is 2. The van der Waals surface area contributed by atoms with Crippen molar-refractivity contribution in [1.29, 1.82) is 0 Å². The zero-order valence-electron chi connectivity index (χ0n) is 11.8. The molecule has 1 aliphatic rings. The van der Waals surface area contributed by atoms with E-state index in [1.807, 2.05) is 11.6 Å². The predicted molar refractivity (Wildman–Crippen MR) is 77.2 cm³/mol. The monoisotopic (exact) mass is 285 g/mol. The Morgan fingerprint density at radius 3 is 2.89 bits per heavy atom. The van der Waals surface area contributed by atoms with Crippen LogP contribution in [0.5, 0.6) is 0 Å². The fourth-order valence-electron chi connectivity index (χ4n) is 2.84. The fraction of sp³-hybridized carbons (Fsp3) is 0.786. The van der Waals surface area contributed by atoms with Crippen LogP contribution in [0.4, 0.5) is 0 Å². The topological polar surface area (TPSA) is 53.1 Å². The van der Waals surface area contributed by atoms with Crippen LogP contribution in [0.1, 0.15) is 51.3 Å². The quantitative estimate of drug-likeness (QED) is 0.837.